The van der Waals surface area contributed by atoms with Gasteiger partial charge in [-0.15, -0.1) is 0 Å². The lowest BCUT2D eigenvalue weighted by Gasteiger charge is -2.04. The number of hydrazine groups is 1. The Balaban J connectivity index is 1.65. The fraction of sp³-hybridized carbons (Fsp3) is 0. The maximum Gasteiger partial charge on any atom is 0.286 e. The molecule has 3 rings (SSSR count). The lowest BCUT2D eigenvalue weighted by Crippen LogP contribution is -2.40. The van der Waals surface area contributed by atoms with Gasteiger partial charge in [0.1, 0.15) is 5.69 Å². The number of fused-ring (bicyclic) bond motifs is 1. The van der Waals surface area contributed by atoms with Gasteiger partial charge in [-0.1, -0.05) is 24.3 Å². The Kier molecular flexibility index (Phi) is 4.15. The SMILES string of the molecule is O=C(/C=C/c1cccc2cccnc12)NNC(=O)c1ccc[nH]1. The maximum absolute atomic E-state index is 11.8. The number of nitrogens with zero attached hydrogens (tertiary/aromatic N) is 1. The molecule has 0 radical (unpaired) electrons. The lowest BCUT2D eigenvalue weighted by atomic mass is 10.1. The summed E-state index contributed by atoms with van der Waals surface area (Å²) in [5.41, 5.74) is 6.66. The van der Waals surface area contributed by atoms with Crippen LogP contribution in [0.4, 0.5) is 0 Å². The molecule has 6 nitrogen and oxygen atoms in total. The Morgan fingerprint density at radius 3 is 2.74 bits per heavy atom. The van der Waals surface area contributed by atoms with Crippen molar-refractivity contribution in [3.63, 3.8) is 0 Å². The van der Waals surface area contributed by atoms with Crippen molar-refractivity contribution in [1.82, 2.24) is 20.8 Å². The Morgan fingerprint density at radius 1 is 1.04 bits per heavy atom. The first-order chi connectivity index (χ1) is 11.2. The number of carbonyl (C=O) groups excluding carboxylic acids is 2. The fourth-order valence-electron chi connectivity index (χ4n) is 2.13. The summed E-state index contributed by atoms with van der Waals surface area (Å²) in [5, 5.41) is 0.995. The zero-order valence-corrected chi connectivity index (χ0v) is 12.1. The van der Waals surface area contributed by atoms with Gasteiger partial charge in [-0.25, -0.2) is 0 Å². The van der Waals surface area contributed by atoms with E-state index < -0.39 is 11.8 Å². The predicted octanol–water partition coefficient (Wildman–Crippen LogP) is 2.04. The molecule has 1 aromatic carbocycles. The van der Waals surface area contributed by atoms with Crippen LogP contribution in [0.5, 0.6) is 0 Å². The number of amides is 2. The molecule has 2 heterocycles. The number of carbonyl (C=O) groups is 2. The molecule has 2 aromatic heterocycles. The lowest BCUT2D eigenvalue weighted by molar-refractivity contribution is -0.117. The van der Waals surface area contributed by atoms with E-state index in [9.17, 15) is 9.59 Å². The molecule has 6 heteroatoms. The minimum atomic E-state index is -0.433. The normalized spacial score (nSPS) is 10.8. The molecule has 0 aliphatic heterocycles. The van der Waals surface area contributed by atoms with Crippen molar-refractivity contribution in [2.45, 2.75) is 0 Å². The monoisotopic (exact) mass is 306 g/mol. The molecule has 0 saturated carbocycles. The highest BCUT2D eigenvalue weighted by Gasteiger charge is 2.06. The minimum Gasteiger partial charge on any atom is -0.357 e. The second kappa shape index (κ2) is 6.57. The highest BCUT2D eigenvalue weighted by molar-refractivity contribution is 5.98. The van der Waals surface area contributed by atoms with Crippen molar-refractivity contribution in [1.29, 1.82) is 0 Å². The summed E-state index contributed by atoms with van der Waals surface area (Å²) in [5.74, 6) is -0.846. The number of hydrogen-bond acceptors (Lipinski definition) is 3. The van der Waals surface area contributed by atoms with Crippen LogP contribution in [0.1, 0.15) is 16.1 Å². The van der Waals surface area contributed by atoms with Gasteiger partial charge in [0.15, 0.2) is 0 Å². The van der Waals surface area contributed by atoms with Crippen molar-refractivity contribution < 1.29 is 9.59 Å². The topological polar surface area (TPSA) is 86.9 Å². The van der Waals surface area contributed by atoms with Gasteiger partial charge in [-0.2, -0.15) is 0 Å². The summed E-state index contributed by atoms with van der Waals surface area (Å²) in [6.45, 7) is 0. The third kappa shape index (κ3) is 3.44. The summed E-state index contributed by atoms with van der Waals surface area (Å²) in [7, 11) is 0. The van der Waals surface area contributed by atoms with Crippen LogP contribution >= 0.6 is 0 Å². The van der Waals surface area contributed by atoms with Crippen molar-refractivity contribution in [2.24, 2.45) is 0 Å². The molecule has 2 amide bonds. The molecule has 0 aliphatic rings. The molecular formula is C17H14N4O2. The fourth-order valence-corrected chi connectivity index (χ4v) is 2.13. The van der Waals surface area contributed by atoms with Crippen LogP contribution in [-0.4, -0.2) is 21.8 Å². The number of nitrogens with one attached hydrogen (secondary N) is 3. The van der Waals surface area contributed by atoms with Gasteiger partial charge in [0.25, 0.3) is 11.8 Å². The van der Waals surface area contributed by atoms with Gasteiger partial charge in [-0.3, -0.25) is 25.4 Å². The first kappa shape index (κ1) is 14.5. The van der Waals surface area contributed by atoms with E-state index in [2.05, 4.69) is 20.8 Å². The summed E-state index contributed by atoms with van der Waals surface area (Å²) in [6.07, 6.45) is 6.34. The molecule has 3 aromatic rings. The largest absolute Gasteiger partial charge is 0.357 e. The van der Waals surface area contributed by atoms with E-state index in [1.54, 1.807) is 30.6 Å². The molecule has 0 atom stereocenters. The number of para-hydroxylation sites is 1. The summed E-state index contributed by atoms with van der Waals surface area (Å²) in [6, 6.07) is 12.8. The number of pyridine rings is 1. The number of rotatable bonds is 3. The van der Waals surface area contributed by atoms with Crippen molar-refractivity contribution in [3.05, 3.63) is 72.2 Å². The number of benzene rings is 1. The van der Waals surface area contributed by atoms with Gasteiger partial charge < -0.3 is 4.98 Å². The van der Waals surface area contributed by atoms with Crippen LogP contribution < -0.4 is 10.9 Å². The first-order valence-electron chi connectivity index (χ1n) is 6.99. The van der Waals surface area contributed by atoms with E-state index >= 15 is 0 Å². The molecule has 0 spiro atoms. The molecule has 0 bridgehead atoms. The van der Waals surface area contributed by atoms with Crippen LogP contribution in [0, 0.1) is 0 Å². The average Bonchev–Trinajstić information content (AvgIpc) is 3.12. The first-order valence-corrected chi connectivity index (χ1v) is 6.99. The molecule has 0 fully saturated rings. The second-order valence-electron chi connectivity index (χ2n) is 4.78. The van der Waals surface area contributed by atoms with Gasteiger partial charge >= 0.3 is 0 Å². The second-order valence-corrected chi connectivity index (χ2v) is 4.78. The van der Waals surface area contributed by atoms with Crippen molar-refractivity contribution in [2.75, 3.05) is 0 Å². The Hall–Kier alpha value is -3.41. The molecular weight excluding hydrogens is 292 g/mol. The van der Waals surface area contributed by atoms with Crippen LogP contribution in [0.15, 0.2) is 60.9 Å². The minimum absolute atomic E-state index is 0.368. The number of aromatic nitrogens is 2. The predicted molar refractivity (Wildman–Crippen MR) is 87.2 cm³/mol. The average molecular weight is 306 g/mol. The smallest absolute Gasteiger partial charge is 0.286 e. The van der Waals surface area contributed by atoms with Crippen LogP contribution in [0.3, 0.4) is 0 Å². The molecule has 0 unspecified atom stereocenters. The molecule has 0 aliphatic carbocycles. The van der Waals surface area contributed by atoms with Gasteiger partial charge in [0.2, 0.25) is 0 Å². The molecule has 114 valence electrons. The molecule has 3 N–H and O–H groups in total. The van der Waals surface area contributed by atoms with Crippen LogP contribution in [0.2, 0.25) is 0 Å². The van der Waals surface area contributed by atoms with E-state index in [1.165, 1.54) is 6.08 Å². The van der Waals surface area contributed by atoms with Crippen molar-refractivity contribution in [3.8, 4) is 0 Å². The molecule has 23 heavy (non-hydrogen) atoms. The number of hydrogen-bond donors (Lipinski definition) is 3. The summed E-state index contributed by atoms with van der Waals surface area (Å²) < 4.78 is 0. The van der Waals surface area contributed by atoms with E-state index in [4.69, 9.17) is 0 Å². The van der Waals surface area contributed by atoms with E-state index in [-0.39, 0.29) is 0 Å². The maximum atomic E-state index is 11.8. The van der Waals surface area contributed by atoms with E-state index in [0.29, 0.717) is 5.69 Å². The quantitative estimate of drug-likeness (QED) is 0.511. The third-order valence-electron chi connectivity index (χ3n) is 3.22. The zero-order chi connectivity index (χ0) is 16.1. The number of aromatic amines is 1. The summed E-state index contributed by atoms with van der Waals surface area (Å²) in [4.78, 5) is 30.5. The van der Waals surface area contributed by atoms with E-state index in [1.807, 2.05) is 30.3 Å². The van der Waals surface area contributed by atoms with Gasteiger partial charge in [0.05, 0.1) is 5.52 Å². The van der Waals surface area contributed by atoms with E-state index in [0.717, 1.165) is 16.5 Å². The van der Waals surface area contributed by atoms with Crippen LogP contribution in [-0.2, 0) is 4.79 Å². The number of H-pyrrole nitrogens is 1. The highest BCUT2D eigenvalue weighted by Crippen LogP contribution is 2.16. The zero-order valence-electron chi connectivity index (χ0n) is 12.1. The summed E-state index contributed by atoms with van der Waals surface area (Å²) >= 11 is 0. The van der Waals surface area contributed by atoms with Crippen LogP contribution in [0.25, 0.3) is 17.0 Å². The third-order valence-corrected chi connectivity index (χ3v) is 3.22. The van der Waals surface area contributed by atoms with Gasteiger partial charge in [-0.05, 0) is 24.3 Å². The Morgan fingerprint density at radius 2 is 1.91 bits per heavy atom. The molecule has 0 saturated heterocycles. The standard InChI is InChI=1S/C17H14N4O2/c22-15(20-21-17(23)14-7-3-10-18-14)9-8-13-5-1-4-12-6-2-11-19-16(12)13/h1-11,18H,(H,20,22)(H,21,23)/b9-8+. The Labute approximate surface area is 132 Å². The van der Waals surface area contributed by atoms with Crippen molar-refractivity contribution >= 4 is 28.8 Å². The highest BCUT2D eigenvalue weighted by atomic mass is 16.2. The van der Waals surface area contributed by atoms with Gasteiger partial charge in [0, 0.05) is 29.4 Å². The Bertz CT molecular complexity index is 864.